The largest absolute Gasteiger partial charge is 0.387 e. The molecule has 1 fully saturated rings. The quantitative estimate of drug-likeness (QED) is 0.882. The summed E-state index contributed by atoms with van der Waals surface area (Å²) >= 11 is 0. The van der Waals surface area contributed by atoms with Gasteiger partial charge in [0.15, 0.2) is 0 Å². The molecule has 28 heavy (non-hydrogen) atoms. The summed E-state index contributed by atoms with van der Waals surface area (Å²) in [6.45, 7) is 4.06. The summed E-state index contributed by atoms with van der Waals surface area (Å²) in [6.07, 6.45) is 8.48. The second-order valence-electron chi connectivity index (χ2n) is 7.93. The van der Waals surface area contributed by atoms with Crippen LogP contribution in [-0.4, -0.2) is 56.0 Å². The average Bonchev–Trinajstić information content (AvgIpc) is 2.89. The molecule has 1 aliphatic heterocycles. The molecule has 2 aliphatic rings. The molecule has 3 atom stereocenters. The molecule has 1 saturated heterocycles. The van der Waals surface area contributed by atoms with Crippen molar-refractivity contribution in [3.05, 3.63) is 59.7 Å². The predicted octanol–water partition coefficient (Wildman–Crippen LogP) is 2.34. The van der Waals surface area contributed by atoms with Crippen molar-refractivity contribution < 1.29 is 9.90 Å². The smallest absolute Gasteiger partial charge is 0.219 e. The molecule has 1 aliphatic carbocycles. The number of hydrogen-bond donors (Lipinski definition) is 1. The third-order valence-electron chi connectivity index (χ3n) is 6.18. The second-order valence-corrected chi connectivity index (χ2v) is 7.93. The summed E-state index contributed by atoms with van der Waals surface area (Å²) in [4.78, 5) is 24.9. The molecule has 1 amide bonds. The van der Waals surface area contributed by atoms with Crippen molar-refractivity contribution in [2.24, 2.45) is 0 Å². The lowest BCUT2D eigenvalue weighted by molar-refractivity contribution is -0.132. The monoisotopic (exact) mass is 380 g/mol. The number of fused-ring (bicyclic) bond motifs is 1. The second kappa shape index (κ2) is 8.37. The van der Waals surface area contributed by atoms with Crippen LogP contribution in [0.1, 0.15) is 49.0 Å². The minimum atomic E-state index is -0.418. The number of amides is 1. The lowest BCUT2D eigenvalue weighted by atomic mass is 10.1. The number of benzene rings is 1. The van der Waals surface area contributed by atoms with Gasteiger partial charge in [-0.2, -0.15) is 0 Å². The van der Waals surface area contributed by atoms with E-state index >= 15 is 0 Å². The van der Waals surface area contributed by atoms with Gasteiger partial charge in [0.1, 0.15) is 6.33 Å². The molecule has 1 aromatic heterocycles. The number of nitrogens with zero attached hydrogens (tertiary/aromatic N) is 4. The van der Waals surface area contributed by atoms with Crippen LogP contribution in [0.5, 0.6) is 0 Å². The lowest BCUT2D eigenvalue weighted by Gasteiger charge is -2.32. The van der Waals surface area contributed by atoms with Gasteiger partial charge in [-0.25, -0.2) is 9.97 Å². The van der Waals surface area contributed by atoms with Crippen LogP contribution in [0.15, 0.2) is 43.0 Å². The highest BCUT2D eigenvalue weighted by atomic mass is 16.3. The molecular formula is C22H28N4O2. The Morgan fingerprint density at radius 2 is 2.00 bits per heavy atom. The molecule has 6 heteroatoms. The topological polar surface area (TPSA) is 69.6 Å². The van der Waals surface area contributed by atoms with Gasteiger partial charge in [-0.15, -0.1) is 0 Å². The van der Waals surface area contributed by atoms with Crippen molar-refractivity contribution in [3.63, 3.8) is 0 Å². The Bertz CT molecular complexity index is 813. The summed E-state index contributed by atoms with van der Waals surface area (Å²) in [5.74, 6) is 0.0932. The molecule has 2 heterocycles. The van der Waals surface area contributed by atoms with E-state index in [0.717, 1.165) is 49.9 Å². The van der Waals surface area contributed by atoms with E-state index in [1.807, 2.05) is 23.1 Å². The van der Waals surface area contributed by atoms with E-state index < -0.39 is 6.10 Å². The Hall–Kier alpha value is -2.31. The zero-order valence-corrected chi connectivity index (χ0v) is 16.4. The van der Waals surface area contributed by atoms with E-state index in [1.165, 1.54) is 11.9 Å². The number of rotatable bonds is 4. The molecule has 0 spiro atoms. The van der Waals surface area contributed by atoms with Crippen LogP contribution >= 0.6 is 0 Å². The fourth-order valence-electron chi connectivity index (χ4n) is 4.73. The first-order chi connectivity index (χ1) is 13.6. The van der Waals surface area contributed by atoms with Crippen LogP contribution in [0.2, 0.25) is 0 Å². The van der Waals surface area contributed by atoms with Gasteiger partial charge in [0.25, 0.3) is 0 Å². The van der Waals surface area contributed by atoms with Crippen molar-refractivity contribution in [3.8, 4) is 0 Å². The predicted molar refractivity (Wildman–Crippen MR) is 106 cm³/mol. The minimum absolute atomic E-state index is 0.0932. The highest BCUT2D eigenvalue weighted by Gasteiger charge is 2.36. The number of hydrogen-bond acceptors (Lipinski definition) is 5. The Labute approximate surface area is 166 Å². The maximum atomic E-state index is 12.3. The normalized spacial score (nSPS) is 25.1. The van der Waals surface area contributed by atoms with Crippen LogP contribution in [0.25, 0.3) is 0 Å². The van der Waals surface area contributed by atoms with Crippen LogP contribution in [0.3, 0.4) is 0 Å². The third-order valence-corrected chi connectivity index (χ3v) is 6.18. The number of aliphatic hydroxyl groups is 1. The Morgan fingerprint density at radius 3 is 2.75 bits per heavy atom. The van der Waals surface area contributed by atoms with Gasteiger partial charge in [0.05, 0.1) is 6.10 Å². The van der Waals surface area contributed by atoms with E-state index in [9.17, 15) is 9.90 Å². The molecule has 0 unspecified atom stereocenters. The molecule has 6 nitrogen and oxygen atoms in total. The number of aliphatic hydroxyl groups excluding tert-OH is 1. The Balaban J connectivity index is 1.42. The van der Waals surface area contributed by atoms with Gasteiger partial charge in [-0.05, 0) is 43.4 Å². The van der Waals surface area contributed by atoms with Crippen LogP contribution in [-0.2, 0) is 17.8 Å². The van der Waals surface area contributed by atoms with Gasteiger partial charge in [0, 0.05) is 50.1 Å². The zero-order valence-electron chi connectivity index (χ0n) is 16.4. The van der Waals surface area contributed by atoms with Crippen molar-refractivity contribution in [1.29, 1.82) is 0 Å². The number of aromatic nitrogens is 2. The lowest BCUT2D eigenvalue weighted by Crippen LogP contribution is -2.41. The zero-order chi connectivity index (χ0) is 19.5. The summed E-state index contributed by atoms with van der Waals surface area (Å²) in [6, 6.07) is 8.57. The molecular weight excluding hydrogens is 352 g/mol. The first kappa shape index (κ1) is 19.0. The van der Waals surface area contributed by atoms with Crippen LogP contribution in [0, 0.1) is 0 Å². The van der Waals surface area contributed by atoms with Crippen LogP contribution < -0.4 is 0 Å². The maximum absolute atomic E-state index is 12.3. The maximum Gasteiger partial charge on any atom is 0.219 e. The molecule has 1 aromatic carbocycles. The van der Waals surface area contributed by atoms with Crippen molar-refractivity contribution >= 4 is 5.91 Å². The summed E-state index contributed by atoms with van der Waals surface area (Å²) < 4.78 is 0. The number of carbonyl (C=O) groups excluding carboxylic acids is 1. The number of carbonyl (C=O) groups is 1. The average molecular weight is 380 g/mol. The van der Waals surface area contributed by atoms with E-state index in [1.54, 1.807) is 19.3 Å². The van der Waals surface area contributed by atoms with Gasteiger partial charge in [-0.3, -0.25) is 9.69 Å². The third kappa shape index (κ3) is 3.93. The molecule has 0 saturated carbocycles. The van der Waals surface area contributed by atoms with Gasteiger partial charge in [0.2, 0.25) is 5.91 Å². The molecule has 0 radical (unpaired) electrons. The molecule has 0 bridgehead atoms. The first-order valence-corrected chi connectivity index (χ1v) is 10.1. The van der Waals surface area contributed by atoms with E-state index in [0.29, 0.717) is 6.54 Å². The van der Waals surface area contributed by atoms with Crippen LogP contribution in [0.4, 0.5) is 0 Å². The molecule has 148 valence electrons. The van der Waals surface area contributed by atoms with Crippen molar-refractivity contribution in [2.45, 2.75) is 57.3 Å². The SMILES string of the molecule is CC(=O)N(Cc1cncnc1)[C@@H]1CCCN([C@H]2Cc3ccccc3[C@@H]2O)CC1. The summed E-state index contributed by atoms with van der Waals surface area (Å²) in [5.41, 5.74) is 3.29. The van der Waals surface area contributed by atoms with E-state index in [4.69, 9.17) is 0 Å². The Morgan fingerprint density at radius 1 is 1.21 bits per heavy atom. The van der Waals surface area contributed by atoms with E-state index in [2.05, 4.69) is 20.9 Å². The first-order valence-electron chi connectivity index (χ1n) is 10.1. The highest BCUT2D eigenvalue weighted by molar-refractivity contribution is 5.73. The molecule has 2 aromatic rings. The molecule has 1 N–H and O–H groups in total. The Kier molecular flexibility index (Phi) is 5.69. The minimum Gasteiger partial charge on any atom is -0.387 e. The standard InChI is InChI=1S/C22H28N4O2/c1-16(27)26(14-17-12-23-15-24-13-17)19-6-4-9-25(10-8-19)21-11-18-5-2-3-7-20(18)22(21)28/h2-3,5,7,12-13,15,19,21-22,28H,4,6,8-11,14H2,1H3/t19-,21+,22+/m1/s1. The fraction of sp³-hybridized carbons (Fsp3) is 0.500. The van der Waals surface area contributed by atoms with Crippen molar-refractivity contribution in [2.75, 3.05) is 13.1 Å². The fourth-order valence-corrected chi connectivity index (χ4v) is 4.73. The van der Waals surface area contributed by atoms with Gasteiger partial charge < -0.3 is 10.0 Å². The summed E-state index contributed by atoms with van der Waals surface area (Å²) in [5, 5.41) is 10.8. The van der Waals surface area contributed by atoms with Crippen molar-refractivity contribution in [1.82, 2.24) is 19.8 Å². The van der Waals surface area contributed by atoms with Gasteiger partial charge >= 0.3 is 0 Å². The highest BCUT2D eigenvalue weighted by Crippen LogP contribution is 2.35. The summed E-state index contributed by atoms with van der Waals surface area (Å²) in [7, 11) is 0. The van der Waals surface area contributed by atoms with Gasteiger partial charge in [-0.1, -0.05) is 24.3 Å². The molecule has 4 rings (SSSR count). The number of likely N-dealkylation sites (tertiary alicyclic amines) is 1. The van der Waals surface area contributed by atoms with E-state index in [-0.39, 0.29) is 18.0 Å².